The summed E-state index contributed by atoms with van der Waals surface area (Å²) in [6.07, 6.45) is -0.618. The fourth-order valence-electron chi connectivity index (χ4n) is 1.00. The number of carboxylic acids is 1. The van der Waals surface area contributed by atoms with Gasteiger partial charge in [-0.1, -0.05) is 0 Å². The van der Waals surface area contributed by atoms with Crippen LogP contribution in [0.1, 0.15) is 12.8 Å². The van der Waals surface area contributed by atoms with E-state index in [1.54, 1.807) is 0 Å². The van der Waals surface area contributed by atoms with Crippen LogP contribution < -0.4 is 0 Å². The van der Waals surface area contributed by atoms with Crippen molar-refractivity contribution in [1.29, 1.82) is 0 Å². The molecule has 4 nitrogen and oxygen atoms in total. The van der Waals surface area contributed by atoms with Gasteiger partial charge in [0.25, 0.3) is 0 Å². The van der Waals surface area contributed by atoms with Crippen LogP contribution in [0.3, 0.4) is 0 Å². The Hall–Kier alpha value is -0.610. The van der Waals surface area contributed by atoms with Gasteiger partial charge in [0.05, 0.1) is 18.6 Å². The molecule has 2 N–H and O–H groups in total. The zero-order valence-electron chi connectivity index (χ0n) is 5.49. The Labute approximate surface area is 58.4 Å². The van der Waals surface area contributed by atoms with Crippen molar-refractivity contribution < 1.29 is 19.7 Å². The summed E-state index contributed by atoms with van der Waals surface area (Å²) in [4.78, 5) is 10.1. The molecule has 1 saturated heterocycles. The highest BCUT2D eigenvalue weighted by Gasteiger charge is 2.27. The van der Waals surface area contributed by atoms with Gasteiger partial charge in [-0.3, -0.25) is 4.79 Å². The maximum Gasteiger partial charge on any atom is 0.306 e. The third-order valence-electron chi connectivity index (χ3n) is 1.55. The third kappa shape index (κ3) is 1.68. The summed E-state index contributed by atoms with van der Waals surface area (Å²) in [6, 6.07) is 0. The van der Waals surface area contributed by atoms with Crippen LogP contribution in [0.25, 0.3) is 0 Å². The van der Waals surface area contributed by atoms with E-state index in [-0.39, 0.29) is 6.42 Å². The van der Waals surface area contributed by atoms with Crippen molar-refractivity contribution >= 4 is 5.97 Å². The van der Waals surface area contributed by atoms with Gasteiger partial charge in [-0.15, -0.1) is 0 Å². The monoisotopic (exact) mass is 146 g/mol. The molecule has 2 atom stereocenters. The van der Waals surface area contributed by atoms with Crippen LogP contribution in [-0.2, 0) is 9.53 Å². The number of ether oxygens (including phenoxy) is 1. The molecule has 1 heterocycles. The lowest BCUT2D eigenvalue weighted by Crippen LogP contribution is -2.23. The maximum atomic E-state index is 10.1. The van der Waals surface area contributed by atoms with Crippen LogP contribution in [0.5, 0.6) is 0 Å². The molecule has 1 aliphatic rings. The number of rotatable bonds is 2. The van der Waals surface area contributed by atoms with E-state index in [1.165, 1.54) is 0 Å². The fraction of sp³-hybridized carbons (Fsp3) is 0.833. The molecule has 1 rings (SSSR count). The topological polar surface area (TPSA) is 66.8 Å². The Bertz CT molecular complexity index is 134. The Morgan fingerprint density at radius 3 is 2.80 bits per heavy atom. The minimum atomic E-state index is -0.925. The van der Waals surface area contributed by atoms with Gasteiger partial charge in [-0.05, 0) is 6.42 Å². The van der Waals surface area contributed by atoms with Gasteiger partial charge in [0.2, 0.25) is 0 Å². The van der Waals surface area contributed by atoms with E-state index in [9.17, 15) is 4.79 Å². The van der Waals surface area contributed by atoms with E-state index in [0.29, 0.717) is 13.0 Å². The van der Waals surface area contributed by atoms with Gasteiger partial charge in [0.15, 0.2) is 0 Å². The second kappa shape index (κ2) is 2.98. The second-order valence-electron chi connectivity index (χ2n) is 2.36. The number of aliphatic carboxylic acids is 1. The van der Waals surface area contributed by atoms with Gasteiger partial charge in [0.1, 0.15) is 0 Å². The van der Waals surface area contributed by atoms with Gasteiger partial charge in [0, 0.05) is 6.61 Å². The highest BCUT2D eigenvalue weighted by Crippen LogP contribution is 2.15. The molecule has 0 aromatic rings. The predicted molar refractivity (Wildman–Crippen MR) is 32.6 cm³/mol. The van der Waals surface area contributed by atoms with Crippen LogP contribution in [-0.4, -0.2) is 35.0 Å². The number of carboxylic acid groups (broad SMARTS) is 1. The number of carbonyl (C=O) groups is 1. The zero-order valence-corrected chi connectivity index (χ0v) is 5.49. The van der Waals surface area contributed by atoms with E-state index in [0.717, 1.165) is 0 Å². The Morgan fingerprint density at radius 2 is 2.40 bits per heavy atom. The largest absolute Gasteiger partial charge is 0.481 e. The van der Waals surface area contributed by atoms with Crippen molar-refractivity contribution in [3.63, 3.8) is 0 Å². The summed E-state index contributed by atoms with van der Waals surface area (Å²) < 4.78 is 4.95. The minimum absolute atomic E-state index is 0.0961. The Morgan fingerprint density at radius 1 is 1.70 bits per heavy atom. The number of aliphatic hydroxyl groups is 1. The highest BCUT2D eigenvalue weighted by atomic mass is 16.5. The normalized spacial score (nSPS) is 32.5. The first-order valence-corrected chi connectivity index (χ1v) is 3.21. The van der Waals surface area contributed by atoms with Crippen LogP contribution in [0.2, 0.25) is 0 Å². The quantitative estimate of drug-likeness (QED) is 0.556. The lowest BCUT2D eigenvalue weighted by molar-refractivity contribution is -0.140. The molecule has 1 fully saturated rings. The molecule has 0 amide bonds. The van der Waals surface area contributed by atoms with E-state index in [1.807, 2.05) is 0 Å². The molecule has 0 radical (unpaired) electrons. The van der Waals surface area contributed by atoms with Crippen LogP contribution >= 0.6 is 0 Å². The summed E-state index contributed by atoms with van der Waals surface area (Å²) >= 11 is 0. The molecule has 0 aliphatic carbocycles. The SMILES string of the molecule is O=C(O)C[C@@H]1OCC[C@@H]1O. The molecule has 0 aromatic carbocycles. The van der Waals surface area contributed by atoms with E-state index in [2.05, 4.69) is 0 Å². The molecular formula is C6H10O4. The summed E-state index contributed by atoms with van der Waals surface area (Å²) in [5.74, 6) is -0.925. The first-order valence-electron chi connectivity index (χ1n) is 3.21. The lowest BCUT2D eigenvalue weighted by Gasteiger charge is -2.09. The molecule has 0 spiro atoms. The van der Waals surface area contributed by atoms with E-state index >= 15 is 0 Å². The number of hydrogen-bond acceptors (Lipinski definition) is 3. The van der Waals surface area contributed by atoms with Crippen LogP contribution in [0, 0.1) is 0 Å². The van der Waals surface area contributed by atoms with Gasteiger partial charge in [-0.25, -0.2) is 0 Å². The minimum Gasteiger partial charge on any atom is -0.481 e. The van der Waals surface area contributed by atoms with Crippen molar-refractivity contribution in [2.75, 3.05) is 6.61 Å². The smallest absolute Gasteiger partial charge is 0.306 e. The third-order valence-corrected chi connectivity index (χ3v) is 1.55. The number of aliphatic hydroxyl groups excluding tert-OH is 1. The molecular weight excluding hydrogens is 136 g/mol. The van der Waals surface area contributed by atoms with Gasteiger partial charge in [-0.2, -0.15) is 0 Å². The van der Waals surface area contributed by atoms with Crippen molar-refractivity contribution in [2.24, 2.45) is 0 Å². The average Bonchev–Trinajstić information content (AvgIpc) is 2.15. The predicted octanol–water partition coefficient (Wildman–Crippen LogP) is -0.389. The molecule has 0 unspecified atom stereocenters. The lowest BCUT2D eigenvalue weighted by atomic mass is 10.1. The standard InChI is InChI=1S/C6H10O4/c7-4-1-2-10-5(4)3-6(8)9/h4-5,7H,1-3H2,(H,8,9)/t4-,5-/m0/s1. The summed E-state index contributed by atoms with van der Waals surface area (Å²) in [7, 11) is 0. The van der Waals surface area contributed by atoms with Gasteiger partial charge < -0.3 is 14.9 Å². The number of hydrogen-bond donors (Lipinski definition) is 2. The van der Waals surface area contributed by atoms with Crippen molar-refractivity contribution in [1.82, 2.24) is 0 Å². The Balaban J connectivity index is 2.33. The highest BCUT2D eigenvalue weighted by molar-refractivity contribution is 5.67. The van der Waals surface area contributed by atoms with E-state index < -0.39 is 18.2 Å². The van der Waals surface area contributed by atoms with Crippen molar-refractivity contribution in [3.05, 3.63) is 0 Å². The van der Waals surface area contributed by atoms with Crippen molar-refractivity contribution in [2.45, 2.75) is 25.0 Å². The summed E-state index contributed by atoms with van der Waals surface area (Å²) in [6.45, 7) is 0.471. The van der Waals surface area contributed by atoms with Gasteiger partial charge >= 0.3 is 5.97 Å². The first kappa shape index (κ1) is 7.50. The van der Waals surface area contributed by atoms with E-state index in [4.69, 9.17) is 14.9 Å². The Kier molecular flexibility index (Phi) is 2.24. The molecule has 1 aliphatic heterocycles. The maximum absolute atomic E-state index is 10.1. The molecule has 58 valence electrons. The molecule has 0 saturated carbocycles. The fourth-order valence-corrected chi connectivity index (χ4v) is 1.00. The average molecular weight is 146 g/mol. The van der Waals surface area contributed by atoms with Crippen LogP contribution in [0.4, 0.5) is 0 Å². The summed E-state index contributed by atoms with van der Waals surface area (Å²) in [5.41, 5.74) is 0. The second-order valence-corrected chi connectivity index (χ2v) is 2.36. The van der Waals surface area contributed by atoms with Crippen molar-refractivity contribution in [3.8, 4) is 0 Å². The zero-order chi connectivity index (χ0) is 7.56. The summed E-state index contributed by atoms with van der Waals surface area (Å²) in [5, 5.41) is 17.4. The van der Waals surface area contributed by atoms with Crippen LogP contribution in [0.15, 0.2) is 0 Å². The molecule has 0 bridgehead atoms. The molecule has 0 aromatic heterocycles. The first-order chi connectivity index (χ1) is 4.70. The molecule has 4 heteroatoms. The molecule has 10 heavy (non-hydrogen) atoms.